The molecule has 1 aromatic rings. The minimum atomic E-state index is -0.867. The van der Waals surface area contributed by atoms with E-state index >= 15 is 0 Å². The van der Waals surface area contributed by atoms with Crippen LogP contribution in [0.2, 0.25) is 0 Å². The normalized spacial score (nSPS) is 17.3. The fourth-order valence-electron chi connectivity index (χ4n) is 1.90. The third-order valence-corrected chi connectivity index (χ3v) is 2.80. The van der Waals surface area contributed by atoms with Crippen LogP contribution in [-0.4, -0.2) is 29.2 Å². The van der Waals surface area contributed by atoms with Crippen molar-refractivity contribution in [2.24, 2.45) is 0 Å². The van der Waals surface area contributed by atoms with Crippen LogP contribution >= 0.6 is 0 Å². The molecule has 19 heavy (non-hydrogen) atoms. The van der Waals surface area contributed by atoms with Gasteiger partial charge < -0.3 is 10.2 Å². The number of carbonyl (C=O) groups is 2. The van der Waals surface area contributed by atoms with Gasteiger partial charge in [-0.05, 0) is 18.2 Å². The van der Waals surface area contributed by atoms with Gasteiger partial charge in [0.2, 0.25) is 0 Å². The van der Waals surface area contributed by atoms with Gasteiger partial charge in [0, 0.05) is 18.4 Å². The number of anilines is 1. The third-order valence-electron chi connectivity index (χ3n) is 2.80. The smallest absolute Gasteiger partial charge is 0.255 e. The number of hydrogen-bond donors (Lipinski definition) is 1. The van der Waals surface area contributed by atoms with Gasteiger partial charge in [-0.15, -0.1) is 0 Å². The summed E-state index contributed by atoms with van der Waals surface area (Å²) in [5.41, 5.74) is 0.646. The third kappa shape index (κ3) is 2.99. The van der Waals surface area contributed by atoms with Crippen LogP contribution in [0, 0.1) is 11.3 Å². The zero-order valence-corrected chi connectivity index (χ0v) is 10.2. The van der Waals surface area contributed by atoms with Crippen LogP contribution in [0.5, 0.6) is 0 Å². The molecule has 1 aliphatic heterocycles. The van der Waals surface area contributed by atoms with Gasteiger partial charge in [0.05, 0.1) is 12.5 Å². The number of nitriles is 1. The Bertz CT molecular complexity index is 546. The van der Waals surface area contributed by atoms with Crippen molar-refractivity contribution < 1.29 is 9.59 Å². The highest BCUT2D eigenvalue weighted by molar-refractivity contribution is 6.16. The molecule has 0 aliphatic carbocycles. The first-order valence-corrected chi connectivity index (χ1v) is 5.93. The first kappa shape index (κ1) is 12.8. The van der Waals surface area contributed by atoms with Crippen molar-refractivity contribution in [3.8, 4) is 6.07 Å². The minimum absolute atomic E-state index is 0.258. The molecule has 1 heterocycles. The van der Waals surface area contributed by atoms with Crippen LogP contribution in [-0.2, 0) is 9.59 Å². The molecular formula is C14H13N3O2. The molecule has 96 valence electrons. The van der Waals surface area contributed by atoms with Gasteiger partial charge >= 0.3 is 0 Å². The quantitative estimate of drug-likeness (QED) is 0.823. The van der Waals surface area contributed by atoms with Crippen LogP contribution in [0.1, 0.15) is 6.42 Å². The maximum atomic E-state index is 12.1. The molecule has 0 saturated heterocycles. The Morgan fingerprint density at radius 3 is 2.79 bits per heavy atom. The predicted molar refractivity (Wildman–Crippen MR) is 69.9 cm³/mol. The molecule has 1 aromatic carbocycles. The lowest BCUT2D eigenvalue weighted by molar-refractivity contribution is -0.127. The fraction of sp³-hybridized carbons (Fsp3) is 0.214. The molecule has 5 heteroatoms. The number of carbonyl (C=O) groups excluding carboxylic acids is 2. The Hall–Kier alpha value is -2.61. The second kappa shape index (κ2) is 5.83. The van der Waals surface area contributed by atoms with E-state index in [1.165, 1.54) is 6.08 Å². The molecule has 1 amide bonds. The van der Waals surface area contributed by atoms with Gasteiger partial charge in [0.1, 0.15) is 0 Å². The number of ketones is 1. The van der Waals surface area contributed by atoms with Crippen molar-refractivity contribution in [3.63, 3.8) is 0 Å². The van der Waals surface area contributed by atoms with Crippen LogP contribution in [0.4, 0.5) is 5.69 Å². The van der Waals surface area contributed by atoms with Gasteiger partial charge in [-0.1, -0.05) is 18.2 Å². The van der Waals surface area contributed by atoms with Crippen molar-refractivity contribution in [1.82, 2.24) is 4.90 Å². The topological polar surface area (TPSA) is 73.2 Å². The number of rotatable bonds is 4. The lowest BCUT2D eigenvalue weighted by Crippen LogP contribution is -2.43. The van der Waals surface area contributed by atoms with E-state index in [9.17, 15) is 9.59 Å². The van der Waals surface area contributed by atoms with Gasteiger partial charge in [-0.2, -0.15) is 5.26 Å². The summed E-state index contributed by atoms with van der Waals surface area (Å²) in [6, 6.07) is 10.1. The highest BCUT2D eigenvalue weighted by atomic mass is 16.2. The monoisotopic (exact) mass is 255 g/mol. The largest absolute Gasteiger partial charge is 0.358 e. The summed E-state index contributed by atoms with van der Waals surface area (Å²) in [6.45, 7) is 0.367. The van der Waals surface area contributed by atoms with Gasteiger partial charge in [-0.3, -0.25) is 9.59 Å². The molecule has 1 unspecified atom stereocenters. The number of amides is 1. The van der Waals surface area contributed by atoms with E-state index in [0.717, 1.165) is 0 Å². The Kier molecular flexibility index (Phi) is 3.94. The zero-order chi connectivity index (χ0) is 13.7. The Morgan fingerprint density at radius 2 is 2.11 bits per heavy atom. The van der Waals surface area contributed by atoms with E-state index in [1.807, 2.05) is 12.1 Å². The molecule has 0 aromatic heterocycles. The Balaban J connectivity index is 2.05. The van der Waals surface area contributed by atoms with E-state index in [-0.39, 0.29) is 18.1 Å². The van der Waals surface area contributed by atoms with Crippen molar-refractivity contribution in [3.05, 3.63) is 42.6 Å². The molecule has 0 radical (unpaired) electrons. The second-order valence-electron chi connectivity index (χ2n) is 4.12. The minimum Gasteiger partial charge on any atom is -0.358 e. The number of hydrogen-bond acceptors (Lipinski definition) is 4. The van der Waals surface area contributed by atoms with Crippen molar-refractivity contribution in [2.45, 2.75) is 12.5 Å². The van der Waals surface area contributed by atoms with E-state index in [0.29, 0.717) is 12.2 Å². The van der Waals surface area contributed by atoms with Gasteiger partial charge in [0.15, 0.2) is 11.8 Å². The zero-order valence-electron chi connectivity index (χ0n) is 10.2. The molecule has 1 N–H and O–H groups in total. The summed E-state index contributed by atoms with van der Waals surface area (Å²) in [5, 5.41) is 11.3. The lowest BCUT2D eigenvalue weighted by Gasteiger charge is -2.22. The van der Waals surface area contributed by atoms with Crippen LogP contribution < -0.4 is 5.32 Å². The number of para-hydroxylation sites is 1. The van der Waals surface area contributed by atoms with E-state index in [1.54, 1.807) is 35.4 Å². The fourth-order valence-corrected chi connectivity index (χ4v) is 1.90. The number of nitrogens with zero attached hydrogens (tertiary/aromatic N) is 2. The maximum absolute atomic E-state index is 12.1. The first-order valence-electron chi connectivity index (χ1n) is 5.93. The summed E-state index contributed by atoms with van der Waals surface area (Å²) in [7, 11) is 0. The van der Waals surface area contributed by atoms with Crippen LogP contribution in [0.25, 0.3) is 0 Å². The van der Waals surface area contributed by atoms with Crippen LogP contribution in [0.15, 0.2) is 42.6 Å². The van der Waals surface area contributed by atoms with Crippen molar-refractivity contribution >= 4 is 17.4 Å². The maximum Gasteiger partial charge on any atom is 0.255 e. The van der Waals surface area contributed by atoms with Crippen LogP contribution in [0.3, 0.4) is 0 Å². The van der Waals surface area contributed by atoms with Crippen molar-refractivity contribution in [2.75, 3.05) is 11.9 Å². The average Bonchev–Trinajstić information content (AvgIpc) is 2.78. The number of nitrogens with one attached hydrogen (secondary N) is 1. The second-order valence-corrected chi connectivity index (χ2v) is 4.12. The van der Waals surface area contributed by atoms with E-state index in [4.69, 9.17) is 5.26 Å². The molecule has 0 saturated carbocycles. The molecule has 5 nitrogen and oxygen atoms in total. The Morgan fingerprint density at radius 1 is 1.37 bits per heavy atom. The summed E-state index contributed by atoms with van der Waals surface area (Å²) >= 11 is 0. The van der Waals surface area contributed by atoms with Crippen molar-refractivity contribution in [1.29, 1.82) is 5.26 Å². The highest BCUT2D eigenvalue weighted by Gasteiger charge is 2.33. The molecule has 0 spiro atoms. The van der Waals surface area contributed by atoms with Gasteiger partial charge in [0.25, 0.3) is 5.91 Å². The molecule has 2 rings (SSSR count). The predicted octanol–water partition coefficient (Wildman–Crippen LogP) is 1.31. The lowest BCUT2D eigenvalue weighted by atomic mass is 10.1. The number of benzene rings is 1. The molecule has 1 aliphatic rings. The van der Waals surface area contributed by atoms with E-state index in [2.05, 4.69) is 5.32 Å². The first-order chi connectivity index (χ1) is 9.22. The molecule has 1 atom stereocenters. The van der Waals surface area contributed by atoms with Gasteiger partial charge in [-0.25, -0.2) is 0 Å². The SMILES string of the molecule is N#CCCN1C=CC(=O)C1C(=O)Nc1ccccc1. The Labute approximate surface area is 111 Å². The molecule has 0 fully saturated rings. The summed E-state index contributed by atoms with van der Waals surface area (Å²) in [6.07, 6.45) is 3.20. The summed E-state index contributed by atoms with van der Waals surface area (Å²) in [5.74, 6) is -0.634. The average molecular weight is 255 g/mol. The summed E-state index contributed by atoms with van der Waals surface area (Å²) in [4.78, 5) is 25.4. The molecule has 0 bridgehead atoms. The highest BCUT2D eigenvalue weighted by Crippen LogP contribution is 2.14. The van der Waals surface area contributed by atoms with E-state index < -0.39 is 6.04 Å². The standard InChI is InChI=1S/C14H13N3O2/c15-8-4-9-17-10-7-12(18)13(17)14(19)16-11-5-2-1-3-6-11/h1-3,5-7,10,13H,4,9H2,(H,16,19). The molecular weight excluding hydrogens is 242 g/mol. The summed E-state index contributed by atoms with van der Waals surface area (Å²) < 4.78 is 0.